The highest BCUT2D eigenvalue weighted by molar-refractivity contribution is 7.11. The lowest BCUT2D eigenvalue weighted by molar-refractivity contribution is 0.189. The zero-order chi connectivity index (χ0) is 16.0. The van der Waals surface area contributed by atoms with Crippen LogP contribution in [-0.2, 0) is 13.1 Å². The van der Waals surface area contributed by atoms with Crippen molar-refractivity contribution in [1.82, 2.24) is 20.2 Å². The van der Waals surface area contributed by atoms with Crippen LogP contribution < -0.4 is 5.32 Å². The van der Waals surface area contributed by atoms with Crippen molar-refractivity contribution in [2.75, 3.05) is 13.1 Å². The first-order valence-corrected chi connectivity index (χ1v) is 10.8. The topological polar surface area (TPSA) is 41.1 Å². The van der Waals surface area contributed by atoms with Crippen molar-refractivity contribution < 1.29 is 0 Å². The maximum Gasteiger partial charge on any atom is 0.107 e. The summed E-state index contributed by atoms with van der Waals surface area (Å²) in [5.74, 6) is 0.771. The van der Waals surface area contributed by atoms with Crippen molar-refractivity contribution in [1.29, 1.82) is 0 Å². The average Bonchev–Trinajstić information content (AvgIpc) is 3.44. The highest BCUT2D eigenvalue weighted by Gasteiger charge is 2.56. The molecule has 3 fully saturated rings. The molecule has 2 aromatic rings. The molecule has 2 aliphatic carbocycles. The smallest absolute Gasteiger partial charge is 0.107 e. The molecule has 5 rings (SSSR count). The Hall–Kier alpha value is -0.820. The monoisotopic (exact) mass is 360 g/mol. The largest absolute Gasteiger partial charge is 0.317 e. The number of thiazole rings is 2. The van der Waals surface area contributed by atoms with Crippen molar-refractivity contribution in [3.63, 3.8) is 0 Å². The third-order valence-electron chi connectivity index (χ3n) is 5.87. The molecule has 128 valence electrons. The summed E-state index contributed by atoms with van der Waals surface area (Å²) in [6.07, 6.45) is 10.8. The van der Waals surface area contributed by atoms with E-state index in [0.717, 1.165) is 25.0 Å². The van der Waals surface area contributed by atoms with Crippen LogP contribution in [0.25, 0.3) is 0 Å². The Balaban J connectivity index is 1.33. The van der Waals surface area contributed by atoms with E-state index in [1.165, 1.54) is 60.1 Å². The standard InChI is InChI=1S/C18H24N4S2/c1-2-13(1)17-21-10-14(24-17)11-22(12-16-20-7-8-23-16)15-9-18(15)3-5-19-6-4-18/h7-8,10,13,15,19H,1-6,9,11-12H2. The molecule has 2 aromatic heterocycles. The first-order chi connectivity index (χ1) is 11.8. The van der Waals surface area contributed by atoms with Crippen molar-refractivity contribution in [2.45, 2.75) is 57.2 Å². The molecule has 0 bridgehead atoms. The molecular weight excluding hydrogens is 336 g/mol. The van der Waals surface area contributed by atoms with Gasteiger partial charge in [-0.3, -0.25) is 4.90 Å². The molecule has 1 saturated heterocycles. The molecule has 0 amide bonds. The molecule has 3 aliphatic rings. The van der Waals surface area contributed by atoms with Gasteiger partial charge in [-0.1, -0.05) is 0 Å². The molecule has 6 heteroatoms. The van der Waals surface area contributed by atoms with Crippen LogP contribution in [-0.4, -0.2) is 34.0 Å². The number of aromatic nitrogens is 2. The molecule has 1 aliphatic heterocycles. The van der Waals surface area contributed by atoms with Gasteiger partial charge in [0.1, 0.15) is 5.01 Å². The van der Waals surface area contributed by atoms with Crippen LogP contribution in [0.5, 0.6) is 0 Å². The van der Waals surface area contributed by atoms with Crippen molar-refractivity contribution in [3.8, 4) is 0 Å². The van der Waals surface area contributed by atoms with Gasteiger partial charge in [0.25, 0.3) is 0 Å². The van der Waals surface area contributed by atoms with Gasteiger partial charge < -0.3 is 5.32 Å². The van der Waals surface area contributed by atoms with Crippen LogP contribution in [0, 0.1) is 5.41 Å². The molecular formula is C18H24N4S2. The second-order valence-electron chi connectivity index (χ2n) is 7.60. The molecule has 1 unspecified atom stereocenters. The van der Waals surface area contributed by atoms with E-state index < -0.39 is 0 Å². The second-order valence-corrected chi connectivity index (χ2v) is 9.73. The van der Waals surface area contributed by atoms with Gasteiger partial charge in [0.05, 0.1) is 11.6 Å². The van der Waals surface area contributed by atoms with Gasteiger partial charge in [0.15, 0.2) is 0 Å². The van der Waals surface area contributed by atoms with Gasteiger partial charge in [-0.05, 0) is 50.6 Å². The predicted molar refractivity (Wildman–Crippen MR) is 98.4 cm³/mol. The second kappa shape index (κ2) is 6.16. The highest BCUT2D eigenvalue weighted by Crippen LogP contribution is 2.56. The molecule has 0 aromatic carbocycles. The SMILES string of the molecule is c1csc(CN(Cc2cnc(C3CC3)s2)C2CC23CCNCC3)n1. The van der Waals surface area contributed by atoms with Crippen LogP contribution in [0.2, 0.25) is 0 Å². The Kier molecular flexibility index (Phi) is 3.96. The number of piperidine rings is 1. The van der Waals surface area contributed by atoms with Crippen molar-refractivity contribution in [3.05, 3.63) is 32.7 Å². The van der Waals surface area contributed by atoms with E-state index in [-0.39, 0.29) is 0 Å². The van der Waals surface area contributed by atoms with Gasteiger partial charge in [-0.15, -0.1) is 22.7 Å². The average molecular weight is 361 g/mol. The van der Waals surface area contributed by atoms with Crippen LogP contribution in [0.4, 0.5) is 0 Å². The molecule has 1 spiro atoms. The molecule has 1 N–H and O–H groups in total. The predicted octanol–water partition coefficient (Wildman–Crippen LogP) is 3.62. The summed E-state index contributed by atoms with van der Waals surface area (Å²) in [6.45, 7) is 4.42. The molecule has 3 heterocycles. The number of nitrogens with zero attached hydrogens (tertiary/aromatic N) is 3. The summed E-state index contributed by atoms with van der Waals surface area (Å²) in [7, 11) is 0. The van der Waals surface area contributed by atoms with E-state index in [0.29, 0.717) is 5.41 Å². The Morgan fingerprint density at radius 2 is 2.08 bits per heavy atom. The third kappa shape index (κ3) is 3.05. The summed E-state index contributed by atoms with van der Waals surface area (Å²) < 4.78 is 0. The fourth-order valence-corrected chi connectivity index (χ4v) is 5.95. The molecule has 24 heavy (non-hydrogen) atoms. The molecule has 0 radical (unpaired) electrons. The zero-order valence-corrected chi connectivity index (χ0v) is 15.5. The van der Waals surface area contributed by atoms with Crippen LogP contribution >= 0.6 is 22.7 Å². The third-order valence-corrected chi connectivity index (χ3v) is 7.77. The number of rotatable bonds is 6. The maximum absolute atomic E-state index is 4.68. The molecule has 1 atom stereocenters. The molecule has 4 nitrogen and oxygen atoms in total. The minimum Gasteiger partial charge on any atom is -0.317 e. The lowest BCUT2D eigenvalue weighted by Gasteiger charge is -2.28. The van der Waals surface area contributed by atoms with E-state index in [1.54, 1.807) is 11.3 Å². The normalized spacial score (nSPS) is 25.5. The maximum atomic E-state index is 4.68. The van der Waals surface area contributed by atoms with Gasteiger partial charge >= 0.3 is 0 Å². The van der Waals surface area contributed by atoms with Gasteiger partial charge in [-0.25, -0.2) is 9.97 Å². The van der Waals surface area contributed by atoms with E-state index in [4.69, 9.17) is 0 Å². The summed E-state index contributed by atoms with van der Waals surface area (Å²) in [5, 5.41) is 8.23. The van der Waals surface area contributed by atoms with Gasteiger partial charge in [0.2, 0.25) is 0 Å². The Labute approximate surface area is 151 Å². The van der Waals surface area contributed by atoms with Gasteiger partial charge in [-0.2, -0.15) is 0 Å². The van der Waals surface area contributed by atoms with Crippen molar-refractivity contribution in [2.24, 2.45) is 5.41 Å². The van der Waals surface area contributed by atoms with Crippen LogP contribution in [0.1, 0.15) is 52.9 Å². The van der Waals surface area contributed by atoms with Crippen LogP contribution in [0.15, 0.2) is 17.8 Å². The Bertz CT molecular complexity index is 686. The Morgan fingerprint density at radius 3 is 2.83 bits per heavy atom. The summed E-state index contributed by atoms with van der Waals surface area (Å²) >= 11 is 3.73. The lowest BCUT2D eigenvalue weighted by Crippen LogP contribution is -2.35. The zero-order valence-electron chi connectivity index (χ0n) is 13.9. The van der Waals surface area contributed by atoms with Gasteiger partial charge in [0, 0.05) is 41.2 Å². The summed E-state index contributed by atoms with van der Waals surface area (Å²) in [4.78, 5) is 13.3. The minimum atomic E-state index is 0.576. The highest BCUT2D eigenvalue weighted by atomic mass is 32.1. The molecule has 2 saturated carbocycles. The van der Waals surface area contributed by atoms with E-state index in [9.17, 15) is 0 Å². The minimum absolute atomic E-state index is 0.576. The number of hydrogen-bond donors (Lipinski definition) is 1. The van der Waals surface area contributed by atoms with E-state index in [2.05, 4.69) is 31.8 Å². The van der Waals surface area contributed by atoms with Crippen molar-refractivity contribution >= 4 is 22.7 Å². The number of nitrogens with one attached hydrogen (secondary N) is 1. The van der Waals surface area contributed by atoms with E-state index in [1.807, 2.05) is 17.5 Å². The summed E-state index contributed by atoms with van der Waals surface area (Å²) in [6, 6.07) is 0.731. The lowest BCUT2D eigenvalue weighted by atomic mass is 9.93. The number of hydrogen-bond acceptors (Lipinski definition) is 6. The summed E-state index contributed by atoms with van der Waals surface area (Å²) in [5.41, 5.74) is 0.576. The fraction of sp³-hybridized carbons (Fsp3) is 0.667. The van der Waals surface area contributed by atoms with Crippen LogP contribution in [0.3, 0.4) is 0 Å². The quantitative estimate of drug-likeness (QED) is 0.854. The van der Waals surface area contributed by atoms with E-state index >= 15 is 0 Å². The first kappa shape index (κ1) is 15.4. The first-order valence-electron chi connectivity index (χ1n) is 9.10. The fourth-order valence-electron chi connectivity index (χ4n) is 4.20. The Morgan fingerprint density at radius 1 is 1.21 bits per heavy atom.